The highest BCUT2D eigenvalue weighted by Gasteiger charge is 2.21. The molecule has 1 aliphatic rings. The van der Waals surface area contributed by atoms with Crippen molar-refractivity contribution in [2.75, 3.05) is 25.5 Å². The predicted molar refractivity (Wildman–Crippen MR) is 111 cm³/mol. The number of nitrogens with zero attached hydrogens (tertiary/aromatic N) is 2. The highest BCUT2D eigenvalue weighted by atomic mass is 35.5. The molecule has 7 heteroatoms. The van der Waals surface area contributed by atoms with Crippen molar-refractivity contribution in [2.24, 2.45) is 0 Å². The van der Waals surface area contributed by atoms with E-state index in [1.807, 2.05) is 30.3 Å². The van der Waals surface area contributed by atoms with E-state index >= 15 is 0 Å². The molecule has 0 atom stereocenters. The first kappa shape index (κ1) is 20.4. The molecule has 1 fully saturated rings. The number of methoxy groups -OCH3 is 1. The van der Waals surface area contributed by atoms with Crippen LogP contribution in [-0.2, 0) is 0 Å². The zero-order valence-electron chi connectivity index (χ0n) is 14.6. The first-order chi connectivity index (χ1) is 11.8. The molecule has 4 rings (SSSR count). The van der Waals surface area contributed by atoms with Crippen molar-refractivity contribution in [3.05, 3.63) is 54.4 Å². The summed E-state index contributed by atoms with van der Waals surface area (Å²) < 4.78 is 7.44. The van der Waals surface area contributed by atoms with Crippen LogP contribution in [0.2, 0.25) is 0 Å². The lowest BCUT2D eigenvalue weighted by atomic mass is 9.94. The van der Waals surface area contributed by atoms with Gasteiger partial charge in [-0.2, -0.15) is 0 Å². The van der Waals surface area contributed by atoms with Gasteiger partial charge >= 0.3 is 0 Å². The zero-order chi connectivity index (χ0) is 16.4. The lowest BCUT2D eigenvalue weighted by Crippen LogP contribution is -2.26. The van der Waals surface area contributed by atoms with Gasteiger partial charge in [0.2, 0.25) is 5.95 Å². The Balaban J connectivity index is 0.00000121. The first-order valence-electron chi connectivity index (χ1n) is 8.44. The van der Waals surface area contributed by atoms with Gasteiger partial charge in [-0.05, 0) is 50.2 Å². The van der Waals surface area contributed by atoms with E-state index in [1.165, 1.54) is 11.2 Å². The van der Waals surface area contributed by atoms with Gasteiger partial charge in [-0.15, -0.1) is 24.8 Å². The maximum atomic E-state index is 5.31. The van der Waals surface area contributed by atoms with Crippen LogP contribution >= 0.6 is 24.8 Å². The van der Waals surface area contributed by atoms with Gasteiger partial charge in [0.1, 0.15) is 5.75 Å². The Morgan fingerprint density at radius 2 is 1.92 bits per heavy atom. The molecule has 0 saturated carbocycles. The number of piperidine rings is 1. The second-order valence-corrected chi connectivity index (χ2v) is 6.16. The Morgan fingerprint density at radius 3 is 2.69 bits per heavy atom. The van der Waals surface area contributed by atoms with Gasteiger partial charge in [0.15, 0.2) is 0 Å². The Morgan fingerprint density at radius 1 is 1.12 bits per heavy atom. The van der Waals surface area contributed by atoms with E-state index < -0.39 is 0 Å². The Labute approximate surface area is 166 Å². The van der Waals surface area contributed by atoms with E-state index in [4.69, 9.17) is 9.72 Å². The summed E-state index contributed by atoms with van der Waals surface area (Å²) in [5.41, 5.74) is 3.36. The van der Waals surface area contributed by atoms with Crippen LogP contribution in [0.5, 0.6) is 5.75 Å². The fraction of sp³-hybridized carbons (Fsp3) is 0.316. The van der Waals surface area contributed by atoms with Gasteiger partial charge < -0.3 is 15.4 Å². The molecular weight excluding hydrogens is 371 g/mol. The molecule has 3 heterocycles. The molecular formula is C19H24Cl2N4O. The van der Waals surface area contributed by atoms with E-state index in [0.29, 0.717) is 5.92 Å². The highest BCUT2D eigenvalue weighted by molar-refractivity contribution is 5.85. The summed E-state index contributed by atoms with van der Waals surface area (Å²) >= 11 is 0. The highest BCUT2D eigenvalue weighted by Crippen LogP contribution is 2.31. The standard InChI is InChI=1S/C19H22N4O.2ClH/c1-24-16-6-4-5-15(13-16)21-19-22-18(14-8-10-20-11-9-14)17-7-2-3-12-23(17)19;;/h2-7,12-14,20H,8-11H2,1H3,(H,21,22);2*1H. The molecule has 0 spiro atoms. The maximum absolute atomic E-state index is 5.31. The quantitative estimate of drug-likeness (QED) is 0.688. The predicted octanol–water partition coefficient (Wildman–Crippen LogP) is 4.40. The van der Waals surface area contributed by atoms with Crippen molar-refractivity contribution in [2.45, 2.75) is 18.8 Å². The van der Waals surface area contributed by atoms with Crippen LogP contribution in [-0.4, -0.2) is 29.6 Å². The lowest BCUT2D eigenvalue weighted by molar-refractivity contribution is 0.415. The number of pyridine rings is 1. The van der Waals surface area contributed by atoms with Crippen LogP contribution in [0.25, 0.3) is 5.52 Å². The molecule has 1 aliphatic heterocycles. The number of anilines is 2. The first-order valence-corrected chi connectivity index (χ1v) is 8.44. The third-order valence-electron chi connectivity index (χ3n) is 4.63. The monoisotopic (exact) mass is 394 g/mol. The molecule has 0 aliphatic carbocycles. The van der Waals surface area contributed by atoms with Crippen LogP contribution in [0.3, 0.4) is 0 Å². The fourth-order valence-corrected chi connectivity index (χ4v) is 3.38. The third kappa shape index (κ3) is 4.06. The molecule has 0 bridgehead atoms. The van der Waals surface area contributed by atoms with Crippen molar-refractivity contribution in [3.63, 3.8) is 0 Å². The van der Waals surface area contributed by atoms with E-state index in [-0.39, 0.29) is 24.8 Å². The Kier molecular flexibility index (Phi) is 7.14. The average Bonchev–Trinajstić information content (AvgIpc) is 3.01. The van der Waals surface area contributed by atoms with Crippen molar-refractivity contribution in [1.29, 1.82) is 0 Å². The number of rotatable bonds is 4. The van der Waals surface area contributed by atoms with Crippen molar-refractivity contribution < 1.29 is 4.74 Å². The molecule has 140 valence electrons. The number of halogens is 2. The second kappa shape index (κ2) is 9.12. The maximum Gasteiger partial charge on any atom is 0.212 e. The van der Waals surface area contributed by atoms with Crippen LogP contribution < -0.4 is 15.4 Å². The lowest BCUT2D eigenvalue weighted by Gasteiger charge is -2.21. The Bertz CT molecular complexity index is 846. The van der Waals surface area contributed by atoms with Crippen molar-refractivity contribution in [3.8, 4) is 5.75 Å². The van der Waals surface area contributed by atoms with Gasteiger partial charge in [-0.1, -0.05) is 12.1 Å². The molecule has 2 aromatic heterocycles. The van der Waals surface area contributed by atoms with Gasteiger partial charge in [-0.3, -0.25) is 4.40 Å². The molecule has 5 nitrogen and oxygen atoms in total. The smallest absolute Gasteiger partial charge is 0.212 e. The van der Waals surface area contributed by atoms with Crippen LogP contribution in [0.4, 0.5) is 11.6 Å². The van der Waals surface area contributed by atoms with Crippen molar-refractivity contribution in [1.82, 2.24) is 14.7 Å². The van der Waals surface area contributed by atoms with Gasteiger partial charge in [0.05, 0.1) is 18.3 Å². The molecule has 0 unspecified atom stereocenters. The van der Waals surface area contributed by atoms with Gasteiger partial charge in [0.25, 0.3) is 0 Å². The molecule has 2 N–H and O–H groups in total. The van der Waals surface area contributed by atoms with Crippen LogP contribution in [0, 0.1) is 0 Å². The van der Waals surface area contributed by atoms with Crippen LogP contribution in [0.15, 0.2) is 48.7 Å². The van der Waals surface area contributed by atoms with Crippen molar-refractivity contribution >= 4 is 42.0 Å². The minimum Gasteiger partial charge on any atom is -0.497 e. The van der Waals surface area contributed by atoms with Gasteiger partial charge in [0, 0.05) is 23.9 Å². The summed E-state index contributed by atoms with van der Waals surface area (Å²) in [6.45, 7) is 2.13. The van der Waals surface area contributed by atoms with E-state index in [2.05, 4.69) is 33.4 Å². The number of imidazole rings is 1. The Hall–Kier alpha value is -1.95. The minimum atomic E-state index is 0. The topological polar surface area (TPSA) is 50.6 Å². The number of hydrogen-bond donors (Lipinski definition) is 2. The minimum absolute atomic E-state index is 0. The number of hydrogen-bond acceptors (Lipinski definition) is 4. The van der Waals surface area contributed by atoms with E-state index in [9.17, 15) is 0 Å². The van der Waals surface area contributed by atoms with Gasteiger partial charge in [-0.25, -0.2) is 4.98 Å². The summed E-state index contributed by atoms with van der Waals surface area (Å²) in [6, 6.07) is 14.2. The summed E-state index contributed by atoms with van der Waals surface area (Å²) in [5, 5.41) is 6.87. The number of aromatic nitrogens is 2. The summed E-state index contributed by atoms with van der Waals surface area (Å²) in [4.78, 5) is 4.95. The molecule has 1 aromatic carbocycles. The molecule has 26 heavy (non-hydrogen) atoms. The molecule has 0 amide bonds. The third-order valence-corrected chi connectivity index (χ3v) is 4.63. The number of fused-ring (bicyclic) bond motifs is 1. The van der Waals surface area contributed by atoms with E-state index in [1.54, 1.807) is 7.11 Å². The second-order valence-electron chi connectivity index (χ2n) is 6.16. The average molecular weight is 395 g/mol. The molecule has 3 aromatic rings. The molecule has 1 saturated heterocycles. The number of benzene rings is 1. The SMILES string of the molecule is COc1cccc(Nc2nc(C3CCNCC3)c3ccccn23)c1.Cl.Cl. The van der Waals surface area contributed by atoms with E-state index in [0.717, 1.165) is 43.3 Å². The molecule has 0 radical (unpaired) electrons. The normalized spacial score (nSPS) is 14.3. The number of ether oxygens (including phenoxy) is 1. The summed E-state index contributed by atoms with van der Waals surface area (Å²) in [5.74, 6) is 2.20. The number of nitrogens with one attached hydrogen (secondary N) is 2. The summed E-state index contributed by atoms with van der Waals surface area (Å²) in [7, 11) is 1.68. The fourth-order valence-electron chi connectivity index (χ4n) is 3.38. The van der Waals surface area contributed by atoms with Crippen LogP contribution in [0.1, 0.15) is 24.5 Å². The largest absolute Gasteiger partial charge is 0.497 e. The zero-order valence-corrected chi connectivity index (χ0v) is 16.3. The summed E-state index contributed by atoms with van der Waals surface area (Å²) in [6.07, 6.45) is 4.34.